The van der Waals surface area contributed by atoms with Crippen molar-refractivity contribution in [2.45, 2.75) is 45.3 Å². The fourth-order valence-corrected chi connectivity index (χ4v) is 2.70. The van der Waals surface area contributed by atoms with E-state index in [-0.39, 0.29) is 11.9 Å². The van der Waals surface area contributed by atoms with Crippen molar-refractivity contribution in [3.05, 3.63) is 29.1 Å². The van der Waals surface area contributed by atoms with Gasteiger partial charge in [0.15, 0.2) is 0 Å². The van der Waals surface area contributed by atoms with Gasteiger partial charge in [0.05, 0.1) is 12.2 Å². The second-order valence-corrected chi connectivity index (χ2v) is 5.71. The summed E-state index contributed by atoms with van der Waals surface area (Å²) in [5.74, 6) is -0.271. The Labute approximate surface area is 120 Å². The van der Waals surface area contributed by atoms with Crippen molar-refractivity contribution in [1.82, 2.24) is 0 Å². The Morgan fingerprint density at radius 3 is 2.80 bits per heavy atom. The van der Waals surface area contributed by atoms with E-state index in [0.29, 0.717) is 11.1 Å². The van der Waals surface area contributed by atoms with Crippen molar-refractivity contribution < 1.29 is 14.2 Å². The zero-order valence-corrected chi connectivity index (χ0v) is 12.5. The van der Waals surface area contributed by atoms with Gasteiger partial charge in [-0.3, -0.25) is 0 Å². The molecule has 20 heavy (non-hydrogen) atoms. The molecule has 2 rings (SSSR count). The molecule has 112 valence electrons. The van der Waals surface area contributed by atoms with Crippen LogP contribution in [0.25, 0.3) is 0 Å². The van der Waals surface area contributed by atoms with Crippen molar-refractivity contribution in [1.29, 1.82) is 0 Å². The van der Waals surface area contributed by atoms with E-state index in [0.717, 1.165) is 31.7 Å². The lowest BCUT2D eigenvalue weighted by Gasteiger charge is -2.30. The molecule has 1 aromatic carbocycles. The summed E-state index contributed by atoms with van der Waals surface area (Å²) in [5, 5.41) is 9.85. The molecule has 2 atom stereocenters. The van der Waals surface area contributed by atoms with E-state index in [1.165, 1.54) is 12.5 Å². The topological polar surface area (TPSA) is 32.7 Å². The summed E-state index contributed by atoms with van der Waals surface area (Å²) in [7, 11) is 1.97. The normalized spacial score (nSPS) is 20.8. The van der Waals surface area contributed by atoms with Crippen LogP contribution in [-0.4, -0.2) is 31.4 Å². The first-order valence-corrected chi connectivity index (χ1v) is 7.30. The predicted octanol–water partition coefficient (Wildman–Crippen LogP) is 3.19. The van der Waals surface area contributed by atoms with Gasteiger partial charge in [-0.1, -0.05) is 0 Å². The van der Waals surface area contributed by atoms with Gasteiger partial charge in [-0.15, -0.1) is 0 Å². The number of aliphatic hydroxyl groups excluding tert-OH is 1. The third-order valence-electron chi connectivity index (χ3n) is 3.92. The monoisotopic (exact) mass is 281 g/mol. The molecule has 0 bridgehead atoms. The first kappa shape index (κ1) is 15.3. The highest BCUT2D eigenvalue weighted by atomic mass is 19.1. The molecule has 1 unspecified atom stereocenters. The van der Waals surface area contributed by atoms with Gasteiger partial charge in [0.1, 0.15) is 5.82 Å². The number of benzene rings is 1. The van der Waals surface area contributed by atoms with Gasteiger partial charge < -0.3 is 14.7 Å². The fourth-order valence-electron chi connectivity index (χ4n) is 2.70. The van der Waals surface area contributed by atoms with Gasteiger partial charge in [-0.05, 0) is 50.8 Å². The molecule has 0 aliphatic carbocycles. The summed E-state index contributed by atoms with van der Waals surface area (Å²) < 4.78 is 19.4. The number of hydrogen-bond acceptors (Lipinski definition) is 3. The molecule has 1 N–H and O–H groups in total. The second-order valence-electron chi connectivity index (χ2n) is 5.71. The summed E-state index contributed by atoms with van der Waals surface area (Å²) >= 11 is 0. The minimum atomic E-state index is -0.685. The van der Waals surface area contributed by atoms with Crippen LogP contribution in [0.5, 0.6) is 0 Å². The molecule has 3 nitrogen and oxygen atoms in total. The largest absolute Gasteiger partial charge is 0.389 e. The van der Waals surface area contributed by atoms with E-state index >= 15 is 0 Å². The van der Waals surface area contributed by atoms with Gasteiger partial charge in [0.25, 0.3) is 0 Å². The third kappa shape index (κ3) is 3.49. The Bertz CT molecular complexity index is 456. The maximum Gasteiger partial charge on any atom is 0.126 e. The fraction of sp³-hybridized carbons (Fsp3) is 0.625. The lowest BCUT2D eigenvalue weighted by atomic mass is 10.0. The Morgan fingerprint density at radius 2 is 2.20 bits per heavy atom. The van der Waals surface area contributed by atoms with E-state index in [1.807, 2.05) is 7.05 Å². The highest BCUT2D eigenvalue weighted by Gasteiger charge is 2.20. The summed E-state index contributed by atoms with van der Waals surface area (Å²) in [6, 6.07) is 3.24. The maximum absolute atomic E-state index is 13.7. The molecule has 1 heterocycles. The Morgan fingerprint density at radius 1 is 1.45 bits per heavy atom. The summed E-state index contributed by atoms with van der Waals surface area (Å²) in [6.45, 7) is 5.00. The van der Waals surface area contributed by atoms with Gasteiger partial charge in [-0.25, -0.2) is 4.39 Å². The highest BCUT2D eigenvalue weighted by molar-refractivity contribution is 5.56. The maximum atomic E-state index is 13.7. The summed E-state index contributed by atoms with van der Waals surface area (Å²) in [4.78, 5) is 2.06. The van der Waals surface area contributed by atoms with E-state index in [9.17, 15) is 9.50 Å². The van der Waals surface area contributed by atoms with Crippen LogP contribution < -0.4 is 4.90 Å². The first-order valence-electron chi connectivity index (χ1n) is 7.30. The van der Waals surface area contributed by atoms with Gasteiger partial charge in [-0.2, -0.15) is 0 Å². The molecular weight excluding hydrogens is 257 g/mol. The molecule has 0 spiro atoms. The van der Waals surface area contributed by atoms with E-state index in [4.69, 9.17) is 4.74 Å². The number of nitrogens with zero attached hydrogens (tertiary/aromatic N) is 1. The van der Waals surface area contributed by atoms with Gasteiger partial charge in [0.2, 0.25) is 0 Å². The lowest BCUT2D eigenvalue weighted by molar-refractivity contribution is 0.0215. The molecular formula is C16H24FNO2. The smallest absolute Gasteiger partial charge is 0.126 e. The lowest BCUT2D eigenvalue weighted by Crippen LogP contribution is -2.34. The second kappa shape index (κ2) is 6.55. The molecule has 1 saturated heterocycles. The number of aliphatic hydroxyl groups is 1. The molecule has 1 aliphatic heterocycles. The van der Waals surface area contributed by atoms with Crippen molar-refractivity contribution in [2.75, 3.05) is 25.1 Å². The van der Waals surface area contributed by atoms with Crippen LogP contribution >= 0.6 is 0 Å². The van der Waals surface area contributed by atoms with Crippen molar-refractivity contribution >= 4 is 5.69 Å². The highest BCUT2D eigenvalue weighted by Crippen LogP contribution is 2.29. The Balaban J connectivity index is 2.19. The van der Waals surface area contributed by atoms with Crippen LogP contribution in [0, 0.1) is 12.7 Å². The molecule has 4 heteroatoms. The molecule has 0 radical (unpaired) electrons. The number of hydrogen-bond donors (Lipinski definition) is 1. The van der Waals surface area contributed by atoms with Crippen LogP contribution in [0.1, 0.15) is 43.4 Å². The number of ether oxygens (including phenoxy) is 1. The van der Waals surface area contributed by atoms with Crippen LogP contribution in [0.4, 0.5) is 10.1 Å². The standard InChI is InChI=1S/C16H24FNO2/c1-11-8-16(14(12(2)19)9-15(11)17)18(3)10-13-6-4-5-7-20-13/h8-9,12-13,19H,4-7,10H2,1-3H3/t12-,13?/m0/s1. The van der Waals surface area contributed by atoms with Crippen molar-refractivity contribution in [3.63, 3.8) is 0 Å². The van der Waals surface area contributed by atoms with Crippen LogP contribution in [0.2, 0.25) is 0 Å². The third-order valence-corrected chi connectivity index (χ3v) is 3.92. The molecule has 1 aliphatic rings. The van der Waals surface area contributed by atoms with Crippen molar-refractivity contribution in [2.24, 2.45) is 0 Å². The SMILES string of the molecule is Cc1cc(N(C)CC2CCCCO2)c([C@H](C)O)cc1F. The van der Waals surface area contributed by atoms with E-state index in [1.54, 1.807) is 19.9 Å². The van der Waals surface area contributed by atoms with Crippen LogP contribution in [-0.2, 0) is 4.74 Å². The number of aryl methyl sites for hydroxylation is 1. The zero-order chi connectivity index (χ0) is 14.7. The van der Waals surface area contributed by atoms with Crippen molar-refractivity contribution in [3.8, 4) is 0 Å². The van der Waals surface area contributed by atoms with Crippen LogP contribution in [0.15, 0.2) is 12.1 Å². The Hall–Kier alpha value is -1.13. The minimum absolute atomic E-state index is 0.223. The quantitative estimate of drug-likeness (QED) is 0.920. The molecule has 0 amide bonds. The minimum Gasteiger partial charge on any atom is -0.389 e. The summed E-state index contributed by atoms with van der Waals surface area (Å²) in [6.07, 6.45) is 2.93. The molecule has 0 saturated carbocycles. The van der Waals surface area contributed by atoms with Gasteiger partial charge in [0, 0.05) is 31.5 Å². The molecule has 1 aromatic rings. The number of anilines is 1. The average Bonchev–Trinajstić information content (AvgIpc) is 2.42. The number of likely N-dealkylation sites (N-methyl/N-ethyl adjacent to an activating group) is 1. The summed E-state index contributed by atoms with van der Waals surface area (Å²) in [5.41, 5.74) is 2.11. The van der Waals surface area contributed by atoms with Gasteiger partial charge >= 0.3 is 0 Å². The predicted molar refractivity (Wildman–Crippen MR) is 78.6 cm³/mol. The van der Waals surface area contributed by atoms with E-state index < -0.39 is 6.10 Å². The average molecular weight is 281 g/mol. The number of halogens is 1. The molecule has 0 aromatic heterocycles. The molecule has 1 fully saturated rings. The number of rotatable bonds is 4. The van der Waals surface area contributed by atoms with E-state index in [2.05, 4.69) is 4.90 Å². The Kier molecular flexibility index (Phi) is 5.00. The zero-order valence-electron chi connectivity index (χ0n) is 12.5. The van der Waals surface area contributed by atoms with Crippen LogP contribution in [0.3, 0.4) is 0 Å². The first-order chi connectivity index (χ1) is 9.49.